The summed E-state index contributed by atoms with van der Waals surface area (Å²) in [6.45, 7) is 20.3. The smallest absolute Gasteiger partial charge is 0.289 e. The SMILES string of the molecule is C=CCSc1nnc(NC(=O)c2cc(SC)ccc2Cl)s1.CCCSc1nnc(NC(=O)c2cc(SC)ccc2Cl)s1.CCN1CCC(c2nnc(-c3cccc(C)c3)o2)CC1.COc1ccc(-c2nnc(C3CCN(C(=O)c4c(F)cccc4F)CC3)o2)cc1.COc1ccc(-c2nnc(C3CCN(C(=O)c4ccco4)CC3)o2)cc1.Cc1cccc(-c2nnc(C3CCN(Cc4ccc(F)cc4)CC3)o2)c1. The van der Waals surface area contributed by atoms with Crippen molar-refractivity contribution in [1.29, 1.82) is 0 Å². The van der Waals surface area contributed by atoms with Crippen LogP contribution >= 0.6 is 92.9 Å². The Balaban J connectivity index is 0.000000137. The third-order valence-corrected chi connectivity index (χ3v) is 29.9. The number of anilines is 2. The lowest BCUT2D eigenvalue weighted by atomic mass is 9.96. The van der Waals surface area contributed by atoms with Gasteiger partial charge in [-0.15, -0.1) is 91.3 Å². The average molecular weight is 2090 g/mol. The Morgan fingerprint density at radius 3 is 1.28 bits per heavy atom. The van der Waals surface area contributed by atoms with Gasteiger partial charge in [0.15, 0.2) is 14.4 Å². The van der Waals surface area contributed by atoms with Crippen LogP contribution in [-0.2, 0) is 6.54 Å². The zero-order valence-electron chi connectivity index (χ0n) is 79.9. The molecular formula is C103H107Cl2F3N18O11S6. The van der Waals surface area contributed by atoms with Crippen molar-refractivity contribution in [3.05, 3.63) is 297 Å². The van der Waals surface area contributed by atoms with Crippen molar-refractivity contribution in [2.24, 2.45) is 0 Å². The number of aryl methyl sites for hydroxylation is 2. The van der Waals surface area contributed by atoms with E-state index in [9.17, 15) is 32.3 Å². The molecule has 7 aromatic heterocycles. The maximum atomic E-state index is 13.9. The Morgan fingerprint density at radius 2 is 0.881 bits per heavy atom. The van der Waals surface area contributed by atoms with Gasteiger partial charge in [-0.3, -0.25) is 34.7 Å². The molecule has 4 aliphatic heterocycles. The topological polar surface area (TPSA) is 344 Å². The molecule has 40 heteroatoms. The van der Waals surface area contributed by atoms with Crippen LogP contribution < -0.4 is 20.1 Å². The molecule has 0 radical (unpaired) electrons. The van der Waals surface area contributed by atoms with Gasteiger partial charge in [-0.25, -0.2) is 13.2 Å². The molecule has 8 aromatic carbocycles. The number of hydrogen-bond donors (Lipinski definition) is 2. The molecule has 143 heavy (non-hydrogen) atoms. The summed E-state index contributed by atoms with van der Waals surface area (Å²) in [7, 11) is 3.22. The van der Waals surface area contributed by atoms with E-state index in [1.54, 1.807) is 96.9 Å². The Morgan fingerprint density at radius 1 is 0.469 bits per heavy atom. The minimum atomic E-state index is -0.849. The molecule has 0 aliphatic carbocycles. The molecule has 15 aromatic rings. The molecule has 11 heterocycles. The number of ether oxygens (including phenoxy) is 2. The van der Waals surface area contributed by atoms with Crippen LogP contribution in [-0.4, -0.2) is 202 Å². The van der Waals surface area contributed by atoms with Gasteiger partial charge in [-0.05, 0) is 268 Å². The minimum absolute atomic E-state index is 0.0102. The zero-order valence-corrected chi connectivity index (χ0v) is 86.3. The molecule has 0 unspecified atom stereocenters. The number of furan rings is 1. The third kappa shape index (κ3) is 30.2. The Bertz CT molecular complexity index is 6630. The molecule has 0 atom stereocenters. The predicted molar refractivity (Wildman–Crippen MR) is 554 cm³/mol. The number of halogens is 5. The molecule has 4 aliphatic rings. The van der Waals surface area contributed by atoms with Gasteiger partial charge in [0, 0.05) is 99.9 Å². The Kier molecular flexibility index (Phi) is 39.6. The first-order chi connectivity index (χ1) is 69.5. The number of amides is 4. The summed E-state index contributed by atoms with van der Waals surface area (Å²) in [6.07, 6.45) is 15.2. The maximum Gasteiger partial charge on any atom is 0.289 e. The van der Waals surface area contributed by atoms with E-state index in [2.05, 4.69) is 140 Å². The van der Waals surface area contributed by atoms with E-state index in [1.165, 1.54) is 74.9 Å². The van der Waals surface area contributed by atoms with Gasteiger partial charge in [0.25, 0.3) is 23.6 Å². The number of methoxy groups -OCH3 is 2. The number of rotatable bonds is 27. The number of carbonyl (C=O) groups is 4. The third-order valence-electron chi connectivity index (χ3n) is 23.6. The van der Waals surface area contributed by atoms with Gasteiger partial charge in [-0.2, -0.15) is 0 Å². The fourth-order valence-corrected chi connectivity index (χ4v) is 20.2. The molecular weight excluding hydrogens is 1990 g/mol. The molecule has 2 N–H and O–H groups in total. The number of benzene rings is 8. The highest BCUT2D eigenvalue weighted by Gasteiger charge is 2.34. The lowest BCUT2D eigenvalue weighted by Crippen LogP contribution is -2.38. The highest BCUT2D eigenvalue weighted by Crippen LogP contribution is 2.38. The number of nitrogens with one attached hydrogen (secondary N) is 2. The fourth-order valence-electron chi connectivity index (χ4n) is 15.7. The lowest BCUT2D eigenvalue weighted by Gasteiger charge is -2.30. The highest BCUT2D eigenvalue weighted by atomic mass is 35.5. The van der Waals surface area contributed by atoms with Gasteiger partial charge in [0.1, 0.15) is 34.5 Å². The largest absolute Gasteiger partial charge is 0.497 e. The molecule has 4 amide bonds. The normalized spacial score (nSPS) is 14.2. The van der Waals surface area contributed by atoms with Crippen LogP contribution in [0.1, 0.15) is 177 Å². The van der Waals surface area contributed by atoms with Crippen molar-refractivity contribution < 1.29 is 63.9 Å². The molecule has 4 saturated heterocycles. The van der Waals surface area contributed by atoms with Crippen LogP contribution in [0.4, 0.5) is 23.4 Å². The van der Waals surface area contributed by atoms with Gasteiger partial charge in [0.05, 0.1) is 41.7 Å². The molecule has 4 fully saturated rings. The van der Waals surface area contributed by atoms with Crippen molar-refractivity contribution in [2.45, 2.75) is 134 Å². The second kappa shape index (κ2) is 53.3. The summed E-state index contributed by atoms with van der Waals surface area (Å²) in [4.78, 5) is 59.4. The summed E-state index contributed by atoms with van der Waals surface area (Å²) < 4.78 is 81.4. The first kappa shape index (κ1) is 106. The Labute approximate surface area is 861 Å². The van der Waals surface area contributed by atoms with Crippen LogP contribution in [0.2, 0.25) is 10.0 Å². The second-order valence-corrected chi connectivity index (χ2v) is 40.5. The van der Waals surface area contributed by atoms with E-state index < -0.39 is 23.1 Å². The van der Waals surface area contributed by atoms with E-state index in [4.69, 9.17) is 54.8 Å². The minimum Gasteiger partial charge on any atom is -0.497 e. The van der Waals surface area contributed by atoms with Crippen LogP contribution in [0, 0.1) is 31.3 Å². The quantitative estimate of drug-likeness (QED) is 0.0274. The fraction of sp³-hybridized carbons (Fsp3) is 0.320. The number of likely N-dealkylation sites (tertiary alicyclic amines) is 4. The molecule has 0 saturated carbocycles. The number of aromatic nitrogens is 12. The number of nitrogens with zero attached hydrogens (tertiary/aromatic N) is 16. The number of thioether (sulfide) groups is 4. The van der Waals surface area contributed by atoms with Gasteiger partial charge in [-0.1, -0.05) is 143 Å². The number of carbonyl (C=O) groups excluding carboxylic acids is 4. The van der Waals surface area contributed by atoms with Crippen molar-refractivity contribution in [2.75, 3.05) is 108 Å². The van der Waals surface area contributed by atoms with Crippen LogP contribution in [0.15, 0.2) is 248 Å². The summed E-state index contributed by atoms with van der Waals surface area (Å²) in [5, 5.41) is 56.8. The summed E-state index contributed by atoms with van der Waals surface area (Å²) in [5.41, 5.74) is 7.51. The lowest BCUT2D eigenvalue weighted by molar-refractivity contribution is 0.0672. The monoisotopic (exact) mass is 2090 g/mol. The van der Waals surface area contributed by atoms with Gasteiger partial charge in [0.2, 0.25) is 57.4 Å². The van der Waals surface area contributed by atoms with Crippen molar-refractivity contribution in [3.63, 3.8) is 0 Å². The summed E-state index contributed by atoms with van der Waals surface area (Å²) in [5.74, 6) is 6.19. The predicted octanol–water partition coefficient (Wildman–Crippen LogP) is 24.3. The van der Waals surface area contributed by atoms with Crippen molar-refractivity contribution in [1.82, 2.24) is 80.8 Å². The first-order valence-corrected chi connectivity index (χ1v) is 53.2. The molecule has 746 valence electrons. The van der Waals surface area contributed by atoms with E-state index in [0.717, 1.165) is 177 Å². The van der Waals surface area contributed by atoms with E-state index >= 15 is 0 Å². The average Bonchev–Trinajstić information content (AvgIpc) is 1.75. The van der Waals surface area contributed by atoms with Gasteiger partial charge < -0.3 is 46.3 Å². The standard InChI is InChI=1S/C21H19F2N3O3.C21H22FN3O.C19H19N3O4.C16H21N3O.C13H14ClN3OS3.C13H12ClN3OS3/c1-28-15-7-5-13(6-8-15)19-24-25-20(29-19)14-9-11-26(12-10-14)21(27)18-16(22)3-2-4-17(18)23;1-15-3-2-4-18(13-15)21-24-23-20(26-21)17-9-11-25(12-10-17)14-16-5-7-19(22)8-6-16;1-24-15-6-4-13(5-7-15)17-20-21-18(26-17)14-8-10-22(11-9-14)19(23)16-3-2-12-25-16;1-3-19-9-7-13(8-10-19)15-17-18-16(20-15)14-6-4-5-12(2)11-14;2*1-3-6-20-13-17-16-12(21-13)15-11(18)9-7-8(19-2)4-5-10(9)14/h2-8,14H,9-12H2,1H3;2-8,13,17H,9-12,14H2,1H3;2-7,12,14H,8-11H2,1H3;4-6,11,13H,3,7-10H2,1-2H3;4-5,7H,3,6H2,1-2H3,(H,15,16,18);3-5,7H,1,6H2,2H3,(H,15,16,18). The maximum absolute atomic E-state index is 13.9. The van der Waals surface area contributed by atoms with E-state index in [0.29, 0.717) is 123 Å². The van der Waals surface area contributed by atoms with Crippen molar-refractivity contribution >= 4 is 127 Å². The first-order valence-electron chi connectivity index (χ1n) is 46.4. The summed E-state index contributed by atoms with van der Waals surface area (Å²) in [6, 6.07) is 55.4. The second-order valence-electron chi connectivity index (χ2n) is 33.4. The zero-order chi connectivity index (χ0) is 101. The highest BCUT2D eigenvalue weighted by molar-refractivity contribution is 8.01. The Hall–Kier alpha value is -12.4. The van der Waals surface area contributed by atoms with Crippen LogP contribution in [0.25, 0.3) is 45.8 Å². The van der Waals surface area contributed by atoms with Crippen LogP contribution in [0.3, 0.4) is 0 Å². The molecule has 0 spiro atoms. The molecule has 0 bridgehead atoms. The molecule has 29 nitrogen and oxygen atoms in total. The summed E-state index contributed by atoms with van der Waals surface area (Å²) >= 11 is 21.1. The van der Waals surface area contributed by atoms with Crippen molar-refractivity contribution in [3.8, 4) is 57.3 Å². The van der Waals surface area contributed by atoms with E-state index in [1.807, 2.05) is 110 Å². The number of piperidine rings is 4. The molecule has 19 rings (SSSR count). The number of hydrogen-bond acceptors (Lipinski definition) is 31. The van der Waals surface area contributed by atoms with Crippen LogP contribution in [0.5, 0.6) is 11.5 Å². The van der Waals surface area contributed by atoms with Gasteiger partial charge >= 0.3 is 0 Å². The van der Waals surface area contributed by atoms with E-state index in [-0.39, 0.29) is 35.4 Å².